The van der Waals surface area contributed by atoms with Crippen molar-refractivity contribution in [3.05, 3.63) is 0 Å². The molecule has 4 rings (SSSR count). The normalized spacial score (nSPS) is 25.9. The standard InChI is InChI=1S/C17H26N6O3S/c1-26-16-19-17(27-20-16)23-8-6-22(7-9-23)14(24)12-10-13(18-11-12)15(25)21-4-2-3-5-21/h12-13,18H,2-11H2,1H3/t12-,13-/m0/s1. The van der Waals surface area contributed by atoms with E-state index < -0.39 is 0 Å². The lowest BCUT2D eigenvalue weighted by Crippen LogP contribution is -2.50. The quantitative estimate of drug-likeness (QED) is 0.756. The Morgan fingerprint density at radius 1 is 1.07 bits per heavy atom. The third-order valence-corrected chi connectivity index (χ3v) is 6.40. The first kappa shape index (κ1) is 18.4. The van der Waals surface area contributed by atoms with Crippen molar-refractivity contribution in [2.75, 3.05) is 57.8 Å². The highest BCUT2D eigenvalue weighted by Gasteiger charge is 2.38. The molecular formula is C17H26N6O3S. The molecule has 0 radical (unpaired) electrons. The van der Waals surface area contributed by atoms with Gasteiger partial charge in [0.15, 0.2) is 0 Å². The minimum Gasteiger partial charge on any atom is -0.466 e. The van der Waals surface area contributed by atoms with E-state index in [0.717, 1.165) is 44.2 Å². The number of carbonyl (C=O) groups excluding carboxylic acids is 2. The van der Waals surface area contributed by atoms with Gasteiger partial charge in [-0.3, -0.25) is 9.59 Å². The molecule has 3 aliphatic heterocycles. The van der Waals surface area contributed by atoms with E-state index in [9.17, 15) is 9.59 Å². The van der Waals surface area contributed by atoms with Crippen molar-refractivity contribution in [2.24, 2.45) is 5.92 Å². The molecule has 27 heavy (non-hydrogen) atoms. The molecular weight excluding hydrogens is 368 g/mol. The molecule has 0 unspecified atom stereocenters. The van der Waals surface area contributed by atoms with Crippen LogP contribution in [0.2, 0.25) is 0 Å². The van der Waals surface area contributed by atoms with Crippen LogP contribution in [0.15, 0.2) is 0 Å². The Kier molecular flexibility index (Phi) is 5.44. The highest BCUT2D eigenvalue weighted by molar-refractivity contribution is 7.09. The van der Waals surface area contributed by atoms with E-state index in [2.05, 4.69) is 19.6 Å². The number of piperazine rings is 1. The number of nitrogens with zero attached hydrogens (tertiary/aromatic N) is 5. The third kappa shape index (κ3) is 3.86. The molecule has 148 valence electrons. The zero-order valence-corrected chi connectivity index (χ0v) is 16.4. The van der Waals surface area contributed by atoms with Gasteiger partial charge >= 0.3 is 6.01 Å². The Morgan fingerprint density at radius 2 is 1.78 bits per heavy atom. The number of nitrogens with one attached hydrogen (secondary N) is 1. The number of carbonyl (C=O) groups is 2. The summed E-state index contributed by atoms with van der Waals surface area (Å²) in [5, 5.41) is 4.10. The fraction of sp³-hybridized carbons (Fsp3) is 0.765. The van der Waals surface area contributed by atoms with Gasteiger partial charge in [0.1, 0.15) is 0 Å². The third-order valence-electron chi connectivity index (χ3n) is 5.64. The summed E-state index contributed by atoms with van der Waals surface area (Å²) in [5.41, 5.74) is 0. The SMILES string of the molecule is COc1nsc(N2CCN(C(=O)[C@@H]3CN[C@H](C(=O)N4CCCC4)C3)CC2)n1. The Bertz CT molecular complexity index is 684. The average Bonchev–Trinajstić information content (AvgIpc) is 3.48. The van der Waals surface area contributed by atoms with Crippen LogP contribution in [0.1, 0.15) is 19.3 Å². The summed E-state index contributed by atoms with van der Waals surface area (Å²) in [6, 6.07) is 0.187. The molecule has 3 saturated heterocycles. The summed E-state index contributed by atoms with van der Waals surface area (Å²) < 4.78 is 9.16. The van der Waals surface area contributed by atoms with Gasteiger partial charge in [0.25, 0.3) is 0 Å². The second-order valence-electron chi connectivity index (χ2n) is 7.30. The van der Waals surface area contributed by atoms with Crippen molar-refractivity contribution in [3.63, 3.8) is 0 Å². The van der Waals surface area contributed by atoms with E-state index in [1.165, 1.54) is 11.5 Å². The molecule has 2 amide bonds. The largest absolute Gasteiger partial charge is 0.466 e. The van der Waals surface area contributed by atoms with E-state index in [4.69, 9.17) is 4.74 Å². The minimum absolute atomic E-state index is 0.102. The van der Waals surface area contributed by atoms with E-state index in [1.807, 2.05) is 9.80 Å². The number of rotatable bonds is 4. The first-order valence-electron chi connectivity index (χ1n) is 9.59. The molecule has 1 N–H and O–H groups in total. The number of aromatic nitrogens is 2. The second kappa shape index (κ2) is 7.97. The van der Waals surface area contributed by atoms with Crippen LogP contribution in [0.25, 0.3) is 0 Å². The summed E-state index contributed by atoms with van der Waals surface area (Å²) >= 11 is 1.32. The molecule has 10 heteroatoms. The Balaban J connectivity index is 1.27. The van der Waals surface area contributed by atoms with Gasteiger partial charge in [-0.15, -0.1) is 4.37 Å². The Hall–Kier alpha value is -1.94. The molecule has 1 aromatic heterocycles. The van der Waals surface area contributed by atoms with Crippen molar-refractivity contribution in [3.8, 4) is 6.01 Å². The zero-order chi connectivity index (χ0) is 18.8. The first-order chi connectivity index (χ1) is 13.2. The van der Waals surface area contributed by atoms with Gasteiger partial charge in [0.2, 0.25) is 16.9 Å². The molecule has 3 aliphatic rings. The fourth-order valence-electron chi connectivity index (χ4n) is 4.06. The maximum absolute atomic E-state index is 12.9. The van der Waals surface area contributed by atoms with E-state index >= 15 is 0 Å². The summed E-state index contributed by atoms with van der Waals surface area (Å²) in [7, 11) is 1.56. The average molecular weight is 395 g/mol. The highest BCUT2D eigenvalue weighted by atomic mass is 32.1. The lowest BCUT2D eigenvalue weighted by Gasteiger charge is -2.35. The monoisotopic (exact) mass is 394 g/mol. The number of likely N-dealkylation sites (tertiary alicyclic amines) is 1. The van der Waals surface area contributed by atoms with E-state index in [1.54, 1.807) is 7.11 Å². The van der Waals surface area contributed by atoms with Crippen LogP contribution in [0.3, 0.4) is 0 Å². The summed E-state index contributed by atoms with van der Waals surface area (Å²) in [5.74, 6) is 0.223. The fourth-order valence-corrected chi connectivity index (χ4v) is 4.75. The Morgan fingerprint density at radius 3 is 2.44 bits per heavy atom. The van der Waals surface area contributed by atoms with E-state index in [-0.39, 0.29) is 23.8 Å². The second-order valence-corrected chi connectivity index (χ2v) is 8.03. The van der Waals surface area contributed by atoms with Gasteiger partial charge in [-0.1, -0.05) is 0 Å². The van der Waals surface area contributed by atoms with Crippen LogP contribution in [0.4, 0.5) is 5.13 Å². The number of ether oxygens (including phenoxy) is 1. The van der Waals surface area contributed by atoms with Gasteiger partial charge < -0.3 is 24.8 Å². The molecule has 0 spiro atoms. The van der Waals surface area contributed by atoms with E-state index in [0.29, 0.717) is 32.1 Å². The van der Waals surface area contributed by atoms with Gasteiger partial charge in [-0.05, 0) is 19.3 Å². The van der Waals surface area contributed by atoms with Crippen molar-refractivity contribution in [1.29, 1.82) is 0 Å². The molecule has 1 aromatic rings. The van der Waals surface area contributed by atoms with Crippen LogP contribution in [-0.4, -0.2) is 89.9 Å². The lowest BCUT2D eigenvalue weighted by molar-refractivity contribution is -0.135. The molecule has 2 atom stereocenters. The predicted molar refractivity (Wildman–Crippen MR) is 101 cm³/mol. The lowest BCUT2D eigenvalue weighted by atomic mass is 10.0. The topological polar surface area (TPSA) is 90.9 Å². The number of anilines is 1. The van der Waals surface area contributed by atoms with Crippen LogP contribution in [0.5, 0.6) is 6.01 Å². The first-order valence-corrected chi connectivity index (χ1v) is 10.4. The van der Waals surface area contributed by atoms with Crippen molar-refractivity contribution >= 4 is 28.5 Å². The Labute approximate surface area is 162 Å². The number of hydrogen-bond donors (Lipinski definition) is 1. The van der Waals surface area contributed by atoms with Crippen molar-refractivity contribution in [1.82, 2.24) is 24.5 Å². The van der Waals surface area contributed by atoms with Crippen LogP contribution >= 0.6 is 11.5 Å². The van der Waals surface area contributed by atoms with Crippen molar-refractivity contribution < 1.29 is 14.3 Å². The molecule has 0 aliphatic carbocycles. The van der Waals surface area contributed by atoms with Crippen LogP contribution < -0.4 is 15.0 Å². The van der Waals surface area contributed by atoms with Gasteiger partial charge in [-0.2, -0.15) is 4.98 Å². The number of amides is 2. The molecule has 3 fully saturated rings. The van der Waals surface area contributed by atoms with Gasteiger partial charge in [-0.25, -0.2) is 0 Å². The number of hydrogen-bond acceptors (Lipinski definition) is 8. The number of methoxy groups -OCH3 is 1. The molecule has 0 saturated carbocycles. The van der Waals surface area contributed by atoms with Crippen molar-refractivity contribution in [2.45, 2.75) is 25.3 Å². The van der Waals surface area contributed by atoms with Crippen LogP contribution in [-0.2, 0) is 9.59 Å². The molecule has 4 heterocycles. The molecule has 0 bridgehead atoms. The van der Waals surface area contributed by atoms with Gasteiger partial charge in [0, 0.05) is 57.3 Å². The molecule has 0 aromatic carbocycles. The smallest absolute Gasteiger partial charge is 0.329 e. The maximum Gasteiger partial charge on any atom is 0.329 e. The van der Waals surface area contributed by atoms with Gasteiger partial charge in [0.05, 0.1) is 19.1 Å². The molecule has 9 nitrogen and oxygen atoms in total. The highest BCUT2D eigenvalue weighted by Crippen LogP contribution is 2.24. The zero-order valence-electron chi connectivity index (χ0n) is 15.6. The summed E-state index contributed by atoms with van der Waals surface area (Å²) in [6.45, 7) is 5.11. The summed E-state index contributed by atoms with van der Waals surface area (Å²) in [6.07, 6.45) is 2.79. The maximum atomic E-state index is 12.9. The summed E-state index contributed by atoms with van der Waals surface area (Å²) in [4.78, 5) is 35.7. The van der Waals surface area contributed by atoms with Crippen LogP contribution in [0, 0.1) is 5.92 Å². The minimum atomic E-state index is -0.202. The predicted octanol–water partition coefficient (Wildman–Crippen LogP) is -0.204.